The van der Waals surface area contributed by atoms with E-state index in [-0.39, 0.29) is 17.2 Å². The topological polar surface area (TPSA) is 88.8 Å². The van der Waals surface area contributed by atoms with Crippen molar-refractivity contribution in [1.29, 1.82) is 0 Å². The van der Waals surface area contributed by atoms with Gasteiger partial charge in [-0.3, -0.25) is 9.59 Å². The second-order valence-electron chi connectivity index (χ2n) is 11.2. The highest BCUT2D eigenvalue weighted by molar-refractivity contribution is 5.95. The summed E-state index contributed by atoms with van der Waals surface area (Å²) in [5.74, 6) is 1.03. The second kappa shape index (κ2) is 8.18. The molecule has 8 nitrogen and oxygen atoms in total. The minimum Gasteiger partial charge on any atom is -0.481 e. The second-order valence-corrected chi connectivity index (χ2v) is 11.2. The largest absolute Gasteiger partial charge is 0.481 e. The molecule has 1 spiro atoms. The van der Waals surface area contributed by atoms with Gasteiger partial charge in [-0.05, 0) is 37.0 Å². The van der Waals surface area contributed by atoms with Crippen molar-refractivity contribution in [3.8, 4) is 5.75 Å². The molecule has 1 aliphatic carbocycles. The molecule has 3 aliphatic rings. The van der Waals surface area contributed by atoms with E-state index in [1.807, 2.05) is 62.1 Å². The number of rotatable bonds is 2. The Bertz CT molecular complexity index is 1350. The maximum Gasteiger partial charge on any atom is 0.276 e. The minimum absolute atomic E-state index is 0.110. The molecule has 4 heterocycles. The highest BCUT2D eigenvalue weighted by Gasteiger charge is 2.52. The number of aryl methyl sites for hydroxylation is 2. The number of oxazole rings is 1. The summed E-state index contributed by atoms with van der Waals surface area (Å²) < 4.78 is 12.1. The van der Waals surface area contributed by atoms with Crippen molar-refractivity contribution in [2.45, 2.75) is 57.6 Å². The predicted molar refractivity (Wildman–Crippen MR) is 132 cm³/mol. The number of para-hydroxylation sites is 1. The summed E-state index contributed by atoms with van der Waals surface area (Å²) in [6.45, 7) is 7.49. The maximum atomic E-state index is 13.7. The summed E-state index contributed by atoms with van der Waals surface area (Å²) in [6.07, 6.45) is 4.35. The highest BCUT2D eigenvalue weighted by atomic mass is 16.5. The van der Waals surface area contributed by atoms with Crippen LogP contribution < -0.4 is 4.74 Å². The molecule has 0 bridgehead atoms. The van der Waals surface area contributed by atoms with Gasteiger partial charge in [-0.25, -0.2) is 9.97 Å². The third-order valence-corrected chi connectivity index (χ3v) is 7.27. The SMILES string of the molecule is CC(C)(C)c1ocnc1C(=O)N1CC2(CN(C(=O)c3ccc4c(n3)CCC4)Cc3ccccc3O2)C1. The zero-order valence-corrected chi connectivity index (χ0v) is 20.9. The van der Waals surface area contributed by atoms with E-state index in [9.17, 15) is 9.59 Å². The number of hydrogen-bond donors (Lipinski definition) is 0. The first-order valence-corrected chi connectivity index (χ1v) is 12.5. The molecule has 2 aliphatic heterocycles. The average molecular weight is 487 g/mol. The molecule has 3 aromatic rings. The molecule has 0 N–H and O–H groups in total. The van der Waals surface area contributed by atoms with Crippen LogP contribution in [-0.4, -0.2) is 56.8 Å². The molecule has 1 aromatic carbocycles. The summed E-state index contributed by atoms with van der Waals surface area (Å²) >= 11 is 0. The van der Waals surface area contributed by atoms with E-state index in [1.54, 1.807) is 4.90 Å². The van der Waals surface area contributed by atoms with Gasteiger partial charge in [0.05, 0.1) is 19.6 Å². The molecule has 0 atom stereocenters. The van der Waals surface area contributed by atoms with Gasteiger partial charge in [0.2, 0.25) is 0 Å². The number of hydrogen-bond acceptors (Lipinski definition) is 6. The number of pyridine rings is 1. The molecule has 1 saturated heterocycles. The fourth-order valence-electron chi connectivity index (χ4n) is 5.49. The first-order chi connectivity index (χ1) is 17.2. The molecule has 8 heteroatoms. The van der Waals surface area contributed by atoms with Crippen molar-refractivity contribution < 1.29 is 18.7 Å². The Kier molecular flexibility index (Phi) is 5.17. The first-order valence-electron chi connectivity index (χ1n) is 12.5. The van der Waals surface area contributed by atoms with Gasteiger partial charge < -0.3 is 19.0 Å². The summed E-state index contributed by atoms with van der Waals surface area (Å²) in [5.41, 5.74) is 2.98. The average Bonchev–Trinajstić information content (AvgIpc) is 3.47. The lowest BCUT2D eigenvalue weighted by molar-refractivity contribution is -0.0705. The fraction of sp³-hybridized carbons (Fsp3) is 0.429. The zero-order chi connectivity index (χ0) is 25.1. The molecule has 36 heavy (non-hydrogen) atoms. The molecule has 0 unspecified atom stereocenters. The fourth-order valence-corrected chi connectivity index (χ4v) is 5.49. The van der Waals surface area contributed by atoms with E-state index in [1.165, 1.54) is 12.0 Å². The summed E-state index contributed by atoms with van der Waals surface area (Å²) in [4.78, 5) is 39.4. The number of amides is 2. The van der Waals surface area contributed by atoms with E-state index in [0.29, 0.717) is 43.3 Å². The van der Waals surface area contributed by atoms with Crippen molar-refractivity contribution >= 4 is 11.8 Å². The summed E-state index contributed by atoms with van der Waals surface area (Å²) in [7, 11) is 0. The van der Waals surface area contributed by atoms with Gasteiger partial charge in [0, 0.05) is 23.2 Å². The lowest BCUT2D eigenvalue weighted by Gasteiger charge is -2.50. The summed E-state index contributed by atoms with van der Waals surface area (Å²) in [5, 5.41) is 0. The Hall–Kier alpha value is -3.68. The monoisotopic (exact) mass is 486 g/mol. The molecule has 6 rings (SSSR count). The number of carbonyl (C=O) groups is 2. The lowest BCUT2D eigenvalue weighted by Crippen LogP contribution is -2.70. The number of benzene rings is 1. The van der Waals surface area contributed by atoms with E-state index in [0.717, 1.165) is 36.3 Å². The smallest absolute Gasteiger partial charge is 0.276 e. The summed E-state index contributed by atoms with van der Waals surface area (Å²) in [6, 6.07) is 11.7. The minimum atomic E-state index is -0.694. The lowest BCUT2D eigenvalue weighted by atomic mass is 9.89. The molecular formula is C28H30N4O4. The van der Waals surface area contributed by atoms with Crippen LogP contribution >= 0.6 is 0 Å². The Labute approximate surface area is 210 Å². The van der Waals surface area contributed by atoms with Gasteiger partial charge in [-0.2, -0.15) is 0 Å². The number of ether oxygens (including phenoxy) is 1. The highest BCUT2D eigenvalue weighted by Crippen LogP contribution is 2.37. The van der Waals surface area contributed by atoms with Crippen LogP contribution in [0, 0.1) is 0 Å². The molecule has 0 saturated carbocycles. The Morgan fingerprint density at radius 1 is 0.944 bits per heavy atom. The molecule has 0 radical (unpaired) electrons. The van der Waals surface area contributed by atoms with Crippen LogP contribution in [0.3, 0.4) is 0 Å². The molecule has 186 valence electrons. The van der Waals surface area contributed by atoms with Crippen LogP contribution in [0.25, 0.3) is 0 Å². The predicted octanol–water partition coefficient (Wildman–Crippen LogP) is 3.79. The van der Waals surface area contributed by atoms with Crippen molar-refractivity contribution in [3.05, 3.63) is 76.8 Å². The van der Waals surface area contributed by atoms with Crippen LogP contribution in [0.5, 0.6) is 5.75 Å². The van der Waals surface area contributed by atoms with Crippen LogP contribution in [0.15, 0.2) is 47.2 Å². The Morgan fingerprint density at radius 3 is 2.53 bits per heavy atom. The van der Waals surface area contributed by atoms with Crippen molar-refractivity contribution in [3.63, 3.8) is 0 Å². The number of likely N-dealkylation sites (tertiary alicyclic amines) is 1. The van der Waals surface area contributed by atoms with E-state index in [2.05, 4.69) is 4.98 Å². The van der Waals surface area contributed by atoms with Crippen molar-refractivity contribution in [2.75, 3.05) is 19.6 Å². The maximum absolute atomic E-state index is 13.7. The van der Waals surface area contributed by atoms with Gasteiger partial charge in [0.25, 0.3) is 11.8 Å². The van der Waals surface area contributed by atoms with E-state index >= 15 is 0 Å². The molecule has 2 aromatic heterocycles. The van der Waals surface area contributed by atoms with Crippen molar-refractivity contribution in [2.24, 2.45) is 0 Å². The Morgan fingerprint density at radius 2 is 1.72 bits per heavy atom. The van der Waals surface area contributed by atoms with E-state index in [4.69, 9.17) is 14.1 Å². The van der Waals surface area contributed by atoms with Crippen LogP contribution in [0.2, 0.25) is 0 Å². The third-order valence-electron chi connectivity index (χ3n) is 7.27. The van der Waals surface area contributed by atoms with Gasteiger partial charge in [0.1, 0.15) is 17.2 Å². The molecule has 2 amide bonds. The number of fused-ring (bicyclic) bond motifs is 2. The molecule has 1 fully saturated rings. The number of aromatic nitrogens is 2. The number of carbonyl (C=O) groups excluding carboxylic acids is 2. The molecular weight excluding hydrogens is 456 g/mol. The normalized spacial score (nSPS) is 18.2. The van der Waals surface area contributed by atoms with Gasteiger partial charge in [0.15, 0.2) is 17.7 Å². The zero-order valence-electron chi connectivity index (χ0n) is 20.9. The number of nitrogens with zero attached hydrogens (tertiary/aromatic N) is 4. The Balaban J connectivity index is 1.27. The van der Waals surface area contributed by atoms with Gasteiger partial charge in [-0.1, -0.05) is 45.0 Å². The van der Waals surface area contributed by atoms with Crippen LogP contribution in [0.4, 0.5) is 0 Å². The van der Waals surface area contributed by atoms with Crippen molar-refractivity contribution in [1.82, 2.24) is 19.8 Å². The van der Waals surface area contributed by atoms with Crippen LogP contribution in [-0.2, 0) is 24.8 Å². The first kappa shape index (κ1) is 22.8. The van der Waals surface area contributed by atoms with Gasteiger partial charge in [-0.15, -0.1) is 0 Å². The van der Waals surface area contributed by atoms with Crippen LogP contribution in [0.1, 0.15) is 70.8 Å². The van der Waals surface area contributed by atoms with E-state index < -0.39 is 5.60 Å². The third kappa shape index (κ3) is 3.85. The standard InChI is InChI=1S/C28H30N4O4/c1-27(2,3)24-23(29-17-35-24)26(34)32-15-28(16-32)14-31(13-19-7-4-5-10-22(19)36-28)25(33)21-12-11-18-8-6-9-20(18)30-21/h4-5,7,10-12,17H,6,8-9,13-16H2,1-3H3. The van der Waals surface area contributed by atoms with Gasteiger partial charge >= 0.3 is 0 Å². The quantitative estimate of drug-likeness (QED) is 0.548.